The Kier molecular flexibility index (Phi) is 4.74. The van der Waals surface area contributed by atoms with Crippen LogP contribution in [-0.4, -0.2) is 19.9 Å². The third kappa shape index (κ3) is 3.48. The van der Waals surface area contributed by atoms with E-state index in [9.17, 15) is 0 Å². The SMILES string of the molecule is c1ccc(-c2nc(-c3ccccc3)c3cc(-c4ccc5ccc6cccnc6c5n4)ccc3n2)cc1. The summed E-state index contributed by atoms with van der Waals surface area (Å²) < 4.78 is 0. The number of hydrogen-bond donors (Lipinski definition) is 0. The summed E-state index contributed by atoms with van der Waals surface area (Å²) in [5.74, 6) is 0.719. The topological polar surface area (TPSA) is 51.6 Å². The molecule has 0 aliphatic rings. The summed E-state index contributed by atoms with van der Waals surface area (Å²) >= 11 is 0. The van der Waals surface area contributed by atoms with Crippen molar-refractivity contribution >= 4 is 32.7 Å². The summed E-state index contributed by atoms with van der Waals surface area (Å²) in [6.45, 7) is 0. The Morgan fingerprint density at radius 1 is 0.472 bits per heavy atom. The molecule has 0 unspecified atom stereocenters. The van der Waals surface area contributed by atoms with Crippen LogP contribution in [0, 0.1) is 0 Å². The van der Waals surface area contributed by atoms with Crippen molar-refractivity contribution in [2.24, 2.45) is 0 Å². The van der Waals surface area contributed by atoms with Gasteiger partial charge >= 0.3 is 0 Å². The highest BCUT2D eigenvalue weighted by Gasteiger charge is 2.13. The lowest BCUT2D eigenvalue weighted by Crippen LogP contribution is -1.96. The molecule has 36 heavy (non-hydrogen) atoms. The average Bonchev–Trinajstić information content (AvgIpc) is 2.97. The first-order chi connectivity index (χ1) is 17.8. The fraction of sp³-hybridized carbons (Fsp3) is 0. The smallest absolute Gasteiger partial charge is 0.160 e. The van der Waals surface area contributed by atoms with E-state index in [4.69, 9.17) is 15.0 Å². The number of nitrogens with zero attached hydrogens (tertiary/aromatic N) is 4. The lowest BCUT2D eigenvalue weighted by atomic mass is 10.0. The Morgan fingerprint density at radius 2 is 1.19 bits per heavy atom. The van der Waals surface area contributed by atoms with E-state index in [0.29, 0.717) is 0 Å². The number of benzene rings is 4. The molecule has 0 fully saturated rings. The van der Waals surface area contributed by atoms with Gasteiger partial charge in [0, 0.05) is 39.0 Å². The normalized spacial score (nSPS) is 11.3. The zero-order valence-electron chi connectivity index (χ0n) is 19.3. The van der Waals surface area contributed by atoms with Gasteiger partial charge in [0.15, 0.2) is 5.82 Å². The van der Waals surface area contributed by atoms with Crippen LogP contribution in [0.15, 0.2) is 121 Å². The molecule has 3 aromatic heterocycles. The number of pyridine rings is 2. The molecule has 0 amide bonds. The monoisotopic (exact) mass is 460 g/mol. The average molecular weight is 461 g/mol. The third-order valence-electron chi connectivity index (χ3n) is 6.50. The van der Waals surface area contributed by atoms with E-state index in [1.807, 2.05) is 60.8 Å². The molecule has 0 aliphatic carbocycles. The molecule has 7 rings (SSSR count). The van der Waals surface area contributed by atoms with E-state index in [2.05, 4.69) is 65.6 Å². The number of aromatic nitrogens is 4. The number of rotatable bonds is 3. The maximum Gasteiger partial charge on any atom is 0.160 e. The van der Waals surface area contributed by atoms with E-state index < -0.39 is 0 Å². The summed E-state index contributed by atoms with van der Waals surface area (Å²) in [4.78, 5) is 19.6. The van der Waals surface area contributed by atoms with Crippen molar-refractivity contribution < 1.29 is 0 Å². The van der Waals surface area contributed by atoms with Crippen molar-refractivity contribution in [1.82, 2.24) is 19.9 Å². The minimum Gasteiger partial charge on any atom is -0.254 e. The molecule has 0 aliphatic heterocycles. The van der Waals surface area contributed by atoms with Crippen LogP contribution >= 0.6 is 0 Å². The van der Waals surface area contributed by atoms with Crippen LogP contribution in [0.2, 0.25) is 0 Å². The third-order valence-corrected chi connectivity index (χ3v) is 6.50. The maximum atomic E-state index is 5.04. The van der Waals surface area contributed by atoms with E-state index in [0.717, 1.165) is 66.6 Å². The van der Waals surface area contributed by atoms with Crippen molar-refractivity contribution in [3.8, 4) is 33.9 Å². The van der Waals surface area contributed by atoms with Crippen LogP contribution in [-0.2, 0) is 0 Å². The van der Waals surface area contributed by atoms with Gasteiger partial charge in [-0.2, -0.15) is 0 Å². The van der Waals surface area contributed by atoms with Crippen LogP contribution in [0.25, 0.3) is 66.6 Å². The fourth-order valence-electron chi connectivity index (χ4n) is 4.70. The molecule has 0 saturated heterocycles. The molecule has 0 radical (unpaired) electrons. The van der Waals surface area contributed by atoms with Gasteiger partial charge < -0.3 is 0 Å². The first kappa shape index (κ1) is 20.4. The fourth-order valence-corrected chi connectivity index (χ4v) is 4.70. The summed E-state index contributed by atoms with van der Waals surface area (Å²) in [6, 6.07) is 39.1. The molecule has 4 heteroatoms. The predicted octanol–water partition coefficient (Wildman–Crippen LogP) is 7.73. The van der Waals surface area contributed by atoms with Crippen molar-refractivity contribution in [3.05, 3.63) is 121 Å². The second kappa shape index (κ2) is 8.36. The highest BCUT2D eigenvalue weighted by Crippen LogP contribution is 2.33. The Morgan fingerprint density at radius 3 is 2.00 bits per heavy atom. The van der Waals surface area contributed by atoms with Gasteiger partial charge in [0.05, 0.1) is 27.9 Å². The molecular weight excluding hydrogens is 440 g/mol. The molecule has 7 aromatic rings. The van der Waals surface area contributed by atoms with E-state index >= 15 is 0 Å². The van der Waals surface area contributed by atoms with Gasteiger partial charge in [0.1, 0.15) is 0 Å². The molecule has 0 spiro atoms. The van der Waals surface area contributed by atoms with Crippen molar-refractivity contribution in [1.29, 1.82) is 0 Å². The van der Waals surface area contributed by atoms with Crippen LogP contribution in [0.4, 0.5) is 0 Å². The van der Waals surface area contributed by atoms with E-state index in [-0.39, 0.29) is 0 Å². The van der Waals surface area contributed by atoms with E-state index in [1.54, 1.807) is 0 Å². The molecule has 0 N–H and O–H groups in total. The largest absolute Gasteiger partial charge is 0.254 e. The Balaban J connectivity index is 1.45. The molecule has 0 bridgehead atoms. The van der Waals surface area contributed by atoms with Crippen molar-refractivity contribution in [2.45, 2.75) is 0 Å². The van der Waals surface area contributed by atoms with Crippen LogP contribution in [0.3, 0.4) is 0 Å². The highest BCUT2D eigenvalue weighted by molar-refractivity contribution is 6.03. The van der Waals surface area contributed by atoms with Crippen LogP contribution in [0.5, 0.6) is 0 Å². The van der Waals surface area contributed by atoms with Gasteiger partial charge in [-0.15, -0.1) is 0 Å². The number of fused-ring (bicyclic) bond motifs is 4. The first-order valence-electron chi connectivity index (χ1n) is 11.9. The van der Waals surface area contributed by atoms with Crippen molar-refractivity contribution in [2.75, 3.05) is 0 Å². The molecule has 4 aromatic carbocycles. The quantitative estimate of drug-likeness (QED) is 0.253. The lowest BCUT2D eigenvalue weighted by Gasteiger charge is -2.11. The summed E-state index contributed by atoms with van der Waals surface area (Å²) in [5, 5.41) is 3.16. The molecule has 0 saturated carbocycles. The van der Waals surface area contributed by atoms with Gasteiger partial charge in [-0.25, -0.2) is 15.0 Å². The molecule has 0 atom stereocenters. The van der Waals surface area contributed by atoms with Gasteiger partial charge in [-0.05, 0) is 24.3 Å². The minimum absolute atomic E-state index is 0.719. The second-order valence-electron chi connectivity index (χ2n) is 8.77. The van der Waals surface area contributed by atoms with Crippen LogP contribution < -0.4 is 0 Å². The first-order valence-corrected chi connectivity index (χ1v) is 11.9. The zero-order chi connectivity index (χ0) is 23.9. The summed E-state index contributed by atoms with van der Waals surface area (Å²) in [5.41, 5.74) is 7.60. The van der Waals surface area contributed by atoms with Crippen molar-refractivity contribution in [3.63, 3.8) is 0 Å². The maximum absolute atomic E-state index is 5.04. The van der Waals surface area contributed by atoms with Crippen LogP contribution in [0.1, 0.15) is 0 Å². The predicted molar refractivity (Wildman–Crippen MR) is 146 cm³/mol. The Bertz CT molecular complexity index is 1880. The minimum atomic E-state index is 0.719. The van der Waals surface area contributed by atoms with Gasteiger partial charge in [0.25, 0.3) is 0 Å². The molecular formula is C32H20N4. The molecule has 4 nitrogen and oxygen atoms in total. The number of hydrogen-bond acceptors (Lipinski definition) is 4. The molecule has 3 heterocycles. The van der Waals surface area contributed by atoms with Gasteiger partial charge in [-0.3, -0.25) is 4.98 Å². The molecule has 168 valence electrons. The van der Waals surface area contributed by atoms with Gasteiger partial charge in [-0.1, -0.05) is 91.0 Å². The summed E-state index contributed by atoms with van der Waals surface area (Å²) in [6.07, 6.45) is 1.82. The standard InChI is InChI=1S/C32H20N4/c1-3-8-21(9-4-1)29-26-20-25(16-18-28(26)35-32(36-29)24-10-5-2-6-11-24)27-17-15-23-14-13-22-12-7-19-33-30(22)31(23)34-27/h1-20H. The Hall–Kier alpha value is -4.96. The zero-order valence-corrected chi connectivity index (χ0v) is 19.3. The van der Waals surface area contributed by atoms with E-state index in [1.165, 1.54) is 0 Å². The highest BCUT2D eigenvalue weighted by atomic mass is 14.9. The summed E-state index contributed by atoms with van der Waals surface area (Å²) in [7, 11) is 0. The second-order valence-corrected chi connectivity index (χ2v) is 8.77. The lowest BCUT2D eigenvalue weighted by molar-refractivity contribution is 1.23. The Labute approximate surface area is 208 Å². The van der Waals surface area contributed by atoms with Gasteiger partial charge in [0.2, 0.25) is 0 Å².